The number of aryl methyl sites for hydroxylation is 4. The number of nitrogens with two attached hydrogens (primary N) is 1. The molecule has 0 aromatic carbocycles. The van der Waals surface area contributed by atoms with Crippen LogP contribution in [0.25, 0.3) is 0 Å². The van der Waals surface area contributed by atoms with Gasteiger partial charge in [0.1, 0.15) is 0 Å². The summed E-state index contributed by atoms with van der Waals surface area (Å²) in [6, 6.07) is 1.88. The predicted molar refractivity (Wildman–Crippen MR) is 76.2 cm³/mol. The molecule has 0 aliphatic rings. The highest BCUT2D eigenvalue weighted by Crippen LogP contribution is 2.25. The first-order valence-corrected chi connectivity index (χ1v) is 6.79. The molecule has 0 saturated heterocycles. The molecule has 2 aromatic rings. The Labute approximate surface area is 118 Å². The van der Waals surface area contributed by atoms with Crippen LogP contribution >= 0.6 is 11.6 Å². The zero-order chi connectivity index (χ0) is 14.2. The molecular weight excluding hydrogens is 262 g/mol. The van der Waals surface area contributed by atoms with Gasteiger partial charge in [-0.15, -0.1) is 0 Å². The summed E-state index contributed by atoms with van der Waals surface area (Å²) in [6.45, 7) is 6.72. The van der Waals surface area contributed by atoms with E-state index in [0.29, 0.717) is 6.42 Å². The number of hydrogen-bond acceptors (Lipinski definition) is 3. The fourth-order valence-corrected chi connectivity index (χ4v) is 2.57. The molecule has 0 spiro atoms. The van der Waals surface area contributed by atoms with E-state index in [4.69, 9.17) is 17.3 Å². The fourth-order valence-electron chi connectivity index (χ4n) is 2.35. The first kappa shape index (κ1) is 14.1. The zero-order valence-electron chi connectivity index (χ0n) is 11.8. The largest absolute Gasteiger partial charge is 0.322 e. The van der Waals surface area contributed by atoms with Crippen LogP contribution in [0.2, 0.25) is 5.02 Å². The van der Waals surface area contributed by atoms with Crippen molar-refractivity contribution in [2.75, 3.05) is 0 Å². The van der Waals surface area contributed by atoms with Gasteiger partial charge in [-0.25, -0.2) is 0 Å². The lowest BCUT2D eigenvalue weighted by Crippen LogP contribution is -2.19. The van der Waals surface area contributed by atoms with Gasteiger partial charge in [-0.2, -0.15) is 10.2 Å². The van der Waals surface area contributed by atoms with Gasteiger partial charge in [0.05, 0.1) is 33.8 Å². The SMILES string of the molecule is CCn1nc(C)c(Cl)c1CC(N)c1cc(C)nn1C. The average molecular weight is 282 g/mol. The van der Waals surface area contributed by atoms with Crippen molar-refractivity contribution in [2.24, 2.45) is 12.8 Å². The molecule has 0 aliphatic heterocycles. The van der Waals surface area contributed by atoms with Crippen molar-refractivity contribution in [3.63, 3.8) is 0 Å². The summed E-state index contributed by atoms with van der Waals surface area (Å²) in [4.78, 5) is 0. The number of rotatable bonds is 4. The second-order valence-electron chi connectivity index (χ2n) is 4.81. The van der Waals surface area contributed by atoms with Gasteiger partial charge in [0.2, 0.25) is 0 Å². The summed E-state index contributed by atoms with van der Waals surface area (Å²) >= 11 is 6.31. The van der Waals surface area contributed by atoms with Gasteiger partial charge in [0.15, 0.2) is 0 Å². The Bertz CT molecular complexity index is 584. The Morgan fingerprint density at radius 3 is 2.58 bits per heavy atom. The molecule has 2 N–H and O–H groups in total. The van der Waals surface area contributed by atoms with E-state index in [9.17, 15) is 0 Å². The van der Waals surface area contributed by atoms with Crippen LogP contribution < -0.4 is 5.73 Å². The molecule has 104 valence electrons. The minimum atomic E-state index is -0.134. The number of aromatic nitrogens is 4. The van der Waals surface area contributed by atoms with Crippen molar-refractivity contribution in [3.8, 4) is 0 Å². The topological polar surface area (TPSA) is 61.7 Å². The van der Waals surface area contributed by atoms with Crippen LogP contribution in [0.3, 0.4) is 0 Å². The van der Waals surface area contributed by atoms with Gasteiger partial charge in [0, 0.05) is 20.0 Å². The fraction of sp³-hybridized carbons (Fsp3) is 0.538. The van der Waals surface area contributed by atoms with Crippen molar-refractivity contribution >= 4 is 11.6 Å². The highest BCUT2D eigenvalue weighted by Gasteiger charge is 2.19. The lowest BCUT2D eigenvalue weighted by Gasteiger charge is -2.13. The monoisotopic (exact) mass is 281 g/mol. The zero-order valence-corrected chi connectivity index (χ0v) is 12.6. The summed E-state index contributed by atoms with van der Waals surface area (Å²) in [5, 5.41) is 9.45. The molecule has 2 rings (SSSR count). The van der Waals surface area contributed by atoms with Crippen molar-refractivity contribution in [1.29, 1.82) is 0 Å². The standard InChI is InChI=1S/C13H20ClN5/c1-5-19-12(13(14)9(3)17-19)7-10(15)11-6-8(2)16-18(11)4/h6,10H,5,7,15H2,1-4H3. The quantitative estimate of drug-likeness (QED) is 0.934. The molecule has 0 aliphatic carbocycles. The molecule has 2 aromatic heterocycles. The van der Waals surface area contributed by atoms with E-state index >= 15 is 0 Å². The van der Waals surface area contributed by atoms with Crippen molar-refractivity contribution in [2.45, 2.75) is 39.8 Å². The molecule has 0 bridgehead atoms. The molecule has 1 unspecified atom stereocenters. The summed E-state index contributed by atoms with van der Waals surface area (Å²) in [5.41, 5.74) is 10.1. The summed E-state index contributed by atoms with van der Waals surface area (Å²) in [6.07, 6.45) is 0.659. The van der Waals surface area contributed by atoms with Crippen LogP contribution in [0.4, 0.5) is 0 Å². The summed E-state index contributed by atoms with van der Waals surface area (Å²) < 4.78 is 3.74. The van der Waals surface area contributed by atoms with Crippen LogP contribution in [0.1, 0.15) is 35.7 Å². The summed E-state index contributed by atoms with van der Waals surface area (Å²) in [7, 11) is 1.91. The van der Waals surface area contributed by atoms with Gasteiger partial charge in [-0.05, 0) is 26.8 Å². The summed E-state index contributed by atoms with van der Waals surface area (Å²) in [5.74, 6) is 0. The maximum atomic E-state index is 6.31. The molecule has 0 fully saturated rings. The van der Waals surface area contributed by atoms with Crippen LogP contribution in [0.5, 0.6) is 0 Å². The third-order valence-corrected chi connectivity index (χ3v) is 3.78. The predicted octanol–water partition coefficient (Wildman–Crippen LogP) is 2.15. The lowest BCUT2D eigenvalue weighted by molar-refractivity contribution is 0.562. The molecule has 0 amide bonds. The minimum absolute atomic E-state index is 0.134. The molecule has 2 heterocycles. The van der Waals surface area contributed by atoms with E-state index in [-0.39, 0.29) is 6.04 Å². The number of nitrogens with zero attached hydrogens (tertiary/aromatic N) is 4. The number of halogens is 1. The Morgan fingerprint density at radius 2 is 2.05 bits per heavy atom. The second kappa shape index (κ2) is 5.35. The van der Waals surface area contributed by atoms with E-state index in [1.807, 2.05) is 43.2 Å². The smallest absolute Gasteiger partial charge is 0.0847 e. The van der Waals surface area contributed by atoms with Gasteiger partial charge in [0.25, 0.3) is 0 Å². The molecule has 19 heavy (non-hydrogen) atoms. The molecule has 6 heteroatoms. The highest BCUT2D eigenvalue weighted by atomic mass is 35.5. The lowest BCUT2D eigenvalue weighted by atomic mass is 10.1. The van der Waals surface area contributed by atoms with Gasteiger partial charge >= 0.3 is 0 Å². The van der Waals surface area contributed by atoms with Crippen molar-refractivity contribution in [3.05, 3.63) is 33.9 Å². The Morgan fingerprint density at radius 1 is 1.37 bits per heavy atom. The van der Waals surface area contributed by atoms with E-state index < -0.39 is 0 Å². The van der Waals surface area contributed by atoms with Gasteiger partial charge in [-0.1, -0.05) is 11.6 Å². The maximum absolute atomic E-state index is 6.31. The number of hydrogen-bond donors (Lipinski definition) is 1. The molecule has 5 nitrogen and oxygen atoms in total. The Balaban J connectivity index is 2.28. The van der Waals surface area contributed by atoms with E-state index in [1.165, 1.54) is 0 Å². The maximum Gasteiger partial charge on any atom is 0.0847 e. The van der Waals surface area contributed by atoms with E-state index in [1.54, 1.807) is 0 Å². The first-order valence-electron chi connectivity index (χ1n) is 6.42. The molecule has 0 radical (unpaired) electrons. The van der Waals surface area contributed by atoms with Gasteiger partial charge < -0.3 is 5.73 Å². The highest BCUT2D eigenvalue weighted by molar-refractivity contribution is 6.31. The third-order valence-electron chi connectivity index (χ3n) is 3.28. The normalized spacial score (nSPS) is 12.9. The van der Waals surface area contributed by atoms with Crippen LogP contribution in [-0.2, 0) is 20.0 Å². The Hall–Kier alpha value is -1.33. The van der Waals surface area contributed by atoms with Crippen molar-refractivity contribution < 1.29 is 0 Å². The van der Waals surface area contributed by atoms with Crippen LogP contribution in [0.15, 0.2) is 6.07 Å². The first-order chi connectivity index (χ1) is 8.93. The molecule has 0 saturated carbocycles. The Kier molecular flexibility index (Phi) is 3.96. The minimum Gasteiger partial charge on any atom is -0.322 e. The van der Waals surface area contributed by atoms with Crippen LogP contribution in [-0.4, -0.2) is 19.6 Å². The molecular formula is C13H20ClN5. The average Bonchev–Trinajstić information content (AvgIpc) is 2.83. The second-order valence-corrected chi connectivity index (χ2v) is 5.18. The van der Waals surface area contributed by atoms with E-state index in [2.05, 4.69) is 10.2 Å². The molecule has 1 atom stereocenters. The van der Waals surface area contributed by atoms with Crippen LogP contribution in [0, 0.1) is 13.8 Å². The van der Waals surface area contributed by atoms with E-state index in [0.717, 1.165) is 34.3 Å². The third kappa shape index (κ3) is 2.67. The van der Waals surface area contributed by atoms with Crippen molar-refractivity contribution in [1.82, 2.24) is 19.6 Å². The van der Waals surface area contributed by atoms with Gasteiger partial charge in [-0.3, -0.25) is 9.36 Å².